The van der Waals surface area contributed by atoms with E-state index in [0.717, 1.165) is 38.8 Å². The molecule has 0 bridgehead atoms. The highest BCUT2D eigenvalue weighted by molar-refractivity contribution is 5.76. The van der Waals surface area contributed by atoms with Gasteiger partial charge in [0, 0.05) is 6.07 Å². The lowest BCUT2D eigenvalue weighted by Crippen LogP contribution is -2.59. The Kier molecular flexibility index (Phi) is 11.8. The molecule has 2 aliphatic rings. The van der Waals surface area contributed by atoms with Crippen LogP contribution in [0.15, 0.2) is 24.3 Å². The third-order valence-corrected chi connectivity index (χ3v) is 8.61. The standard InChI is InChI=1S/C32H53N3O7/c1-22-20-23(33-8)26(41-25-15-10-9-14-24(25)35(37)38)27(40-22)42-28-30(2,3)16-13-18-34-17-11-12-19-39-29(36)32(6,7)21-31(28,4)5/h9-10,14-15,22-23,26-28,33-34H,11-13,16-21H2,1-8H3/t22-,23+,26-,27+,28?/m1/s1. The smallest absolute Gasteiger partial charge is 0.311 e. The molecule has 10 nitrogen and oxygen atoms in total. The second-order valence-electron chi connectivity index (χ2n) is 14.0. The Morgan fingerprint density at radius 3 is 2.43 bits per heavy atom. The third-order valence-electron chi connectivity index (χ3n) is 8.61. The van der Waals surface area contributed by atoms with Gasteiger partial charge in [0.2, 0.25) is 0 Å². The van der Waals surface area contributed by atoms with Crippen LogP contribution in [0, 0.1) is 26.4 Å². The first-order valence-electron chi connectivity index (χ1n) is 15.4. The molecule has 0 spiro atoms. The van der Waals surface area contributed by atoms with Crippen molar-refractivity contribution >= 4 is 11.7 Å². The number of benzene rings is 1. The molecule has 2 saturated heterocycles. The van der Waals surface area contributed by atoms with Gasteiger partial charge in [0.1, 0.15) is 0 Å². The van der Waals surface area contributed by atoms with Crippen LogP contribution in [0.4, 0.5) is 5.69 Å². The normalized spacial score (nSPS) is 30.8. The Hall–Kier alpha value is -2.27. The number of hydrogen-bond donors (Lipinski definition) is 2. The van der Waals surface area contributed by atoms with E-state index in [1.807, 2.05) is 27.8 Å². The molecule has 0 amide bonds. The minimum absolute atomic E-state index is 0.105. The molecule has 2 fully saturated rings. The second-order valence-corrected chi connectivity index (χ2v) is 14.0. The first-order chi connectivity index (χ1) is 19.7. The average molecular weight is 592 g/mol. The van der Waals surface area contributed by atoms with E-state index >= 15 is 0 Å². The van der Waals surface area contributed by atoms with Gasteiger partial charge in [0.05, 0.1) is 35.2 Å². The highest BCUT2D eigenvalue weighted by Gasteiger charge is 2.50. The molecule has 0 saturated carbocycles. The number of nitrogens with one attached hydrogen (secondary N) is 2. The predicted octanol–water partition coefficient (Wildman–Crippen LogP) is 5.63. The monoisotopic (exact) mass is 591 g/mol. The Balaban J connectivity index is 1.99. The van der Waals surface area contributed by atoms with Crippen LogP contribution in [0.5, 0.6) is 5.75 Å². The Bertz CT molecular complexity index is 1040. The maximum absolute atomic E-state index is 13.2. The topological polar surface area (TPSA) is 121 Å². The van der Waals surface area contributed by atoms with Gasteiger partial charge in [-0.2, -0.15) is 0 Å². The summed E-state index contributed by atoms with van der Waals surface area (Å²) in [6.07, 6.45) is 2.95. The largest absolute Gasteiger partial charge is 0.476 e. The number of carbonyl (C=O) groups is 1. The van der Waals surface area contributed by atoms with Gasteiger partial charge in [-0.3, -0.25) is 14.9 Å². The molecule has 3 rings (SSSR count). The zero-order valence-corrected chi connectivity index (χ0v) is 26.9. The summed E-state index contributed by atoms with van der Waals surface area (Å²) < 4.78 is 25.6. The summed E-state index contributed by atoms with van der Waals surface area (Å²) in [6, 6.07) is 6.23. The number of carbonyl (C=O) groups excluding carboxylic acids is 1. The fraction of sp³-hybridized carbons (Fsp3) is 0.781. The van der Waals surface area contributed by atoms with Crippen LogP contribution in [0.3, 0.4) is 0 Å². The SMILES string of the molecule is CN[C@H]1C[C@@H](C)O[C@@H](OC2C(C)(C)CCCNCCCCOC(=O)C(C)(C)CC2(C)C)[C@@H]1Oc1ccccc1[N+](=O)[O-]. The number of rotatable bonds is 6. The van der Waals surface area contributed by atoms with Gasteiger partial charge in [-0.15, -0.1) is 0 Å². The molecule has 10 heteroatoms. The van der Waals surface area contributed by atoms with Crippen molar-refractivity contribution in [3.05, 3.63) is 34.4 Å². The molecule has 238 valence electrons. The molecule has 0 aromatic heterocycles. The van der Waals surface area contributed by atoms with Gasteiger partial charge in [-0.05, 0) is 96.3 Å². The summed E-state index contributed by atoms with van der Waals surface area (Å²) in [5.74, 6) is -0.0274. The van der Waals surface area contributed by atoms with Crippen molar-refractivity contribution in [1.29, 1.82) is 0 Å². The fourth-order valence-electron chi connectivity index (χ4n) is 6.93. The molecular formula is C32H53N3O7. The van der Waals surface area contributed by atoms with Crippen LogP contribution < -0.4 is 15.4 Å². The second kappa shape index (κ2) is 14.5. The number of ether oxygens (including phenoxy) is 4. The minimum Gasteiger partial charge on any atom is -0.476 e. The van der Waals surface area contributed by atoms with Gasteiger partial charge < -0.3 is 29.6 Å². The summed E-state index contributed by atoms with van der Waals surface area (Å²) in [5, 5.41) is 18.6. The molecule has 5 atom stereocenters. The molecule has 0 aliphatic carbocycles. The number of para-hydroxylation sites is 2. The zero-order valence-electron chi connectivity index (χ0n) is 26.9. The van der Waals surface area contributed by atoms with Crippen molar-refractivity contribution in [2.24, 2.45) is 16.2 Å². The van der Waals surface area contributed by atoms with Gasteiger partial charge in [-0.1, -0.05) is 39.8 Å². The average Bonchev–Trinajstić information content (AvgIpc) is 2.90. The van der Waals surface area contributed by atoms with Crippen molar-refractivity contribution < 1.29 is 28.7 Å². The molecule has 1 unspecified atom stereocenters. The lowest BCUT2D eigenvalue weighted by molar-refractivity contribution is -0.386. The quantitative estimate of drug-likeness (QED) is 0.246. The molecule has 2 heterocycles. The van der Waals surface area contributed by atoms with Crippen molar-refractivity contribution in [1.82, 2.24) is 10.6 Å². The van der Waals surface area contributed by atoms with Crippen LogP contribution in [0.25, 0.3) is 0 Å². The first kappa shape index (κ1) is 34.2. The molecule has 2 aliphatic heterocycles. The number of likely N-dealkylation sites (N-methyl/N-ethyl adjacent to an activating group) is 1. The zero-order chi connectivity index (χ0) is 31.1. The van der Waals surface area contributed by atoms with Gasteiger partial charge in [0.25, 0.3) is 0 Å². The van der Waals surface area contributed by atoms with E-state index in [9.17, 15) is 14.9 Å². The number of esters is 1. The summed E-state index contributed by atoms with van der Waals surface area (Å²) in [6.45, 7) is 16.8. The van der Waals surface area contributed by atoms with Gasteiger partial charge in [-0.25, -0.2) is 0 Å². The molecule has 1 aromatic rings. The first-order valence-corrected chi connectivity index (χ1v) is 15.4. The number of nitrogens with zero attached hydrogens (tertiary/aromatic N) is 1. The highest BCUT2D eigenvalue weighted by atomic mass is 16.7. The lowest BCUT2D eigenvalue weighted by atomic mass is 9.64. The van der Waals surface area contributed by atoms with Crippen molar-refractivity contribution in [2.75, 3.05) is 26.7 Å². The van der Waals surface area contributed by atoms with E-state index in [-0.39, 0.29) is 41.1 Å². The molecule has 1 aromatic carbocycles. The molecular weight excluding hydrogens is 538 g/mol. The molecule has 0 radical (unpaired) electrons. The van der Waals surface area contributed by atoms with Crippen LogP contribution in [-0.4, -0.2) is 68.3 Å². The summed E-state index contributed by atoms with van der Waals surface area (Å²) in [4.78, 5) is 24.5. The van der Waals surface area contributed by atoms with Gasteiger partial charge >= 0.3 is 11.7 Å². The highest BCUT2D eigenvalue weighted by Crippen LogP contribution is 2.47. The lowest BCUT2D eigenvalue weighted by Gasteiger charge is -2.50. The number of nitro groups is 1. The maximum Gasteiger partial charge on any atom is 0.311 e. The van der Waals surface area contributed by atoms with E-state index in [1.165, 1.54) is 6.07 Å². The van der Waals surface area contributed by atoms with E-state index in [1.54, 1.807) is 18.2 Å². The van der Waals surface area contributed by atoms with Crippen LogP contribution >= 0.6 is 0 Å². The fourth-order valence-corrected chi connectivity index (χ4v) is 6.93. The van der Waals surface area contributed by atoms with Gasteiger partial charge in [0.15, 0.2) is 18.1 Å². The van der Waals surface area contributed by atoms with E-state index < -0.39 is 28.1 Å². The number of hydrogen-bond acceptors (Lipinski definition) is 9. The Morgan fingerprint density at radius 2 is 1.74 bits per heavy atom. The Morgan fingerprint density at radius 1 is 1.05 bits per heavy atom. The third kappa shape index (κ3) is 8.88. The van der Waals surface area contributed by atoms with E-state index in [2.05, 4.69) is 38.3 Å². The van der Waals surface area contributed by atoms with E-state index in [4.69, 9.17) is 18.9 Å². The summed E-state index contributed by atoms with van der Waals surface area (Å²) in [5.41, 5.74) is -1.60. The Labute approximate surface area is 251 Å². The van der Waals surface area contributed by atoms with E-state index in [0.29, 0.717) is 19.4 Å². The van der Waals surface area contributed by atoms with Crippen LogP contribution in [0.2, 0.25) is 0 Å². The molecule has 2 N–H and O–H groups in total. The van der Waals surface area contributed by atoms with Crippen LogP contribution in [0.1, 0.15) is 87.0 Å². The minimum atomic E-state index is -0.801. The predicted molar refractivity (Wildman–Crippen MR) is 162 cm³/mol. The number of cyclic esters (lactones) is 1. The summed E-state index contributed by atoms with van der Waals surface area (Å²) in [7, 11) is 1.86. The van der Waals surface area contributed by atoms with Crippen molar-refractivity contribution in [3.63, 3.8) is 0 Å². The summed E-state index contributed by atoms with van der Waals surface area (Å²) >= 11 is 0. The van der Waals surface area contributed by atoms with Crippen molar-refractivity contribution in [3.8, 4) is 5.75 Å². The maximum atomic E-state index is 13.2. The molecule has 42 heavy (non-hydrogen) atoms. The number of nitro benzene ring substituents is 1. The van der Waals surface area contributed by atoms with Crippen LogP contribution in [-0.2, 0) is 19.0 Å². The van der Waals surface area contributed by atoms with Crippen molar-refractivity contribution in [2.45, 2.75) is 118 Å².